The van der Waals surface area contributed by atoms with Crippen LogP contribution in [0.1, 0.15) is 23.2 Å². The summed E-state index contributed by atoms with van der Waals surface area (Å²) in [6.07, 6.45) is -3.35. The molecule has 1 amide bonds. The Kier molecular flexibility index (Phi) is 3.62. The fourth-order valence-corrected chi connectivity index (χ4v) is 1.98. The standard InChI is InChI=1S/C12H11ClF3NO2/c13-10-4-3-8(18)5-9(10)11(19)17(7-1-2-7)6-12(14,15)16/h3-5,7,18H,1-2,6H2. The van der Waals surface area contributed by atoms with Gasteiger partial charge in [0.15, 0.2) is 0 Å². The molecule has 0 aliphatic heterocycles. The number of hydrogen-bond donors (Lipinski definition) is 1. The molecule has 1 aliphatic rings. The van der Waals surface area contributed by atoms with Crippen LogP contribution in [0.25, 0.3) is 0 Å². The normalized spacial score (nSPS) is 15.4. The fraction of sp³-hybridized carbons (Fsp3) is 0.417. The fourth-order valence-electron chi connectivity index (χ4n) is 1.78. The first kappa shape index (κ1) is 14.0. The van der Waals surface area contributed by atoms with Gasteiger partial charge >= 0.3 is 6.18 Å². The molecule has 0 unspecified atom stereocenters. The number of hydrogen-bond acceptors (Lipinski definition) is 2. The van der Waals surface area contributed by atoms with Crippen molar-refractivity contribution in [2.45, 2.75) is 25.1 Å². The molecule has 7 heteroatoms. The van der Waals surface area contributed by atoms with E-state index in [1.165, 1.54) is 12.1 Å². The van der Waals surface area contributed by atoms with Crippen molar-refractivity contribution < 1.29 is 23.1 Å². The number of benzene rings is 1. The van der Waals surface area contributed by atoms with E-state index in [0.29, 0.717) is 12.8 Å². The molecule has 3 nitrogen and oxygen atoms in total. The Hall–Kier alpha value is -1.43. The first-order chi connectivity index (χ1) is 8.78. The van der Waals surface area contributed by atoms with Gasteiger partial charge in [0.05, 0.1) is 10.6 Å². The van der Waals surface area contributed by atoms with Gasteiger partial charge in [-0.3, -0.25) is 4.79 Å². The molecule has 1 fully saturated rings. The second-order valence-electron chi connectivity index (χ2n) is 4.44. The van der Waals surface area contributed by atoms with Gasteiger partial charge in [-0.25, -0.2) is 0 Å². The third-order valence-corrected chi connectivity index (χ3v) is 3.11. The molecule has 0 heterocycles. The van der Waals surface area contributed by atoms with Gasteiger partial charge in [0.2, 0.25) is 0 Å². The molecule has 1 aromatic carbocycles. The van der Waals surface area contributed by atoms with Crippen LogP contribution in [-0.2, 0) is 0 Å². The molecular formula is C12H11ClF3NO2. The van der Waals surface area contributed by atoms with Gasteiger partial charge in [0.1, 0.15) is 12.3 Å². The highest BCUT2D eigenvalue weighted by atomic mass is 35.5. The zero-order chi connectivity index (χ0) is 14.2. The molecular weight excluding hydrogens is 283 g/mol. The topological polar surface area (TPSA) is 40.5 Å². The Labute approximate surface area is 112 Å². The summed E-state index contributed by atoms with van der Waals surface area (Å²) in [5.74, 6) is -1.02. The van der Waals surface area contributed by atoms with Crippen LogP contribution in [0.3, 0.4) is 0 Å². The minimum Gasteiger partial charge on any atom is -0.508 e. The Morgan fingerprint density at radius 3 is 2.58 bits per heavy atom. The van der Waals surface area contributed by atoms with Gasteiger partial charge in [-0.2, -0.15) is 13.2 Å². The molecule has 104 valence electrons. The summed E-state index contributed by atoms with van der Waals surface area (Å²) >= 11 is 5.79. The Bertz CT molecular complexity index is 500. The largest absolute Gasteiger partial charge is 0.508 e. The summed E-state index contributed by atoms with van der Waals surface area (Å²) in [6, 6.07) is 3.23. The van der Waals surface area contributed by atoms with Crippen LogP contribution >= 0.6 is 11.6 Å². The van der Waals surface area contributed by atoms with E-state index < -0.39 is 24.7 Å². The molecule has 0 bridgehead atoms. The molecule has 0 saturated heterocycles. The van der Waals surface area contributed by atoms with Crippen LogP contribution in [-0.4, -0.2) is 34.7 Å². The molecule has 1 saturated carbocycles. The molecule has 0 radical (unpaired) electrons. The summed E-state index contributed by atoms with van der Waals surface area (Å²) < 4.78 is 37.4. The van der Waals surface area contributed by atoms with Gasteiger partial charge < -0.3 is 10.0 Å². The van der Waals surface area contributed by atoms with Crippen molar-refractivity contribution >= 4 is 17.5 Å². The van der Waals surface area contributed by atoms with Gasteiger partial charge in [-0.1, -0.05) is 11.6 Å². The molecule has 19 heavy (non-hydrogen) atoms. The zero-order valence-corrected chi connectivity index (χ0v) is 10.5. The monoisotopic (exact) mass is 293 g/mol. The highest BCUT2D eigenvalue weighted by Crippen LogP contribution is 2.33. The van der Waals surface area contributed by atoms with E-state index in [1.54, 1.807) is 0 Å². The SMILES string of the molecule is O=C(c1cc(O)ccc1Cl)N(CC(F)(F)F)C1CC1. The highest BCUT2D eigenvalue weighted by Gasteiger charge is 2.41. The van der Waals surface area contributed by atoms with Crippen molar-refractivity contribution in [3.8, 4) is 5.75 Å². The number of carbonyl (C=O) groups excluding carboxylic acids is 1. The number of amides is 1. The number of alkyl halides is 3. The van der Waals surface area contributed by atoms with Gasteiger partial charge in [-0.15, -0.1) is 0 Å². The molecule has 0 aromatic heterocycles. The summed E-state index contributed by atoms with van der Waals surface area (Å²) in [7, 11) is 0. The minimum absolute atomic E-state index is 0.0237. The van der Waals surface area contributed by atoms with Crippen LogP contribution in [0.2, 0.25) is 5.02 Å². The third-order valence-electron chi connectivity index (χ3n) is 2.78. The van der Waals surface area contributed by atoms with Crippen LogP contribution in [0.15, 0.2) is 18.2 Å². The van der Waals surface area contributed by atoms with Crippen LogP contribution in [0, 0.1) is 0 Å². The van der Waals surface area contributed by atoms with Crippen molar-refractivity contribution in [2.24, 2.45) is 0 Å². The highest BCUT2D eigenvalue weighted by molar-refractivity contribution is 6.33. The summed E-state index contributed by atoms with van der Waals surface area (Å²) in [4.78, 5) is 12.9. The second-order valence-corrected chi connectivity index (χ2v) is 4.85. The summed E-state index contributed by atoms with van der Waals surface area (Å²) in [5.41, 5.74) is -0.113. The van der Waals surface area contributed by atoms with Crippen molar-refractivity contribution in [3.63, 3.8) is 0 Å². The second kappa shape index (κ2) is 4.92. The lowest BCUT2D eigenvalue weighted by Crippen LogP contribution is -2.40. The molecule has 0 atom stereocenters. The lowest BCUT2D eigenvalue weighted by molar-refractivity contribution is -0.141. The van der Waals surface area contributed by atoms with E-state index in [1.807, 2.05) is 0 Å². The van der Waals surface area contributed by atoms with Crippen LogP contribution in [0.5, 0.6) is 5.75 Å². The van der Waals surface area contributed by atoms with Gasteiger partial charge in [0, 0.05) is 6.04 Å². The van der Waals surface area contributed by atoms with Gasteiger partial charge in [0.25, 0.3) is 5.91 Å². The van der Waals surface area contributed by atoms with E-state index >= 15 is 0 Å². The number of nitrogens with zero attached hydrogens (tertiary/aromatic N) is 1. The van der Waals surface area contributed by atoms with Crippen molar-refractivity contribution in [1.29, 1.82) is 0 Å². The number of aromatic hydroxyl groups is 1. The predicted molar refractivity (Wildman–Crippen MR) is 63.2 cm³/mol. The Morgan fingerprint density at radius 2 is 2.05 bits per heavy atom. The number of phenolic OH excluding ortho intramolecular Hbond substituents is 1. The Balaban J connectivity index is 2.26. The lowest BCUT2D eigenvalue weighted by Gasteiger charge is -2.24. The molecule has 1 N–H and O–H groups in total. The van der Waals surface area contributed by atoms with E-state index in [-0.39, 0.29) is 16.3 Å². The maximum absolute atomic E-state index is 12.5. The minimum atomic E-state index is -4.46. The quantitative estimate of drug-likeness (QED) is 0.929. The Morgan fingerprint density at radius 1 is 1.42 bits per heavy atom. The maximum Gasteiger partial charge on any atom is 0.406 e. The summed E-state index contributed by atoms with van der Waals surface area (Å²) in [5, 5.41) is 9.33. The first-order valence-corrected chi connectivity index (χ1v) is 6.02. The molecule has 1 aromatic rings. The number of carbonyl (C=O) groups is 1. The average molecular weight is 294 g/mol. The lowest BCUT2D eigenvalue weighted by atomic mass is 10.2. The number of phenols is 1. The molecule has 2 rings (SSSR count). The third kappa shape index (κ3) is 3.53. The average Bonchev–Trinajstić information content (AvgIpc) is 3.11. The number of rotatable bonds is 3. The van der Waals surface area contributed by atoms with E-state index in [0.717, 1.165) is 11.0 Å². The predicted octanol–water partition coefficient (Wildman–Crippen LogP) is 3.21. The zero-order valence-electron chi connectivity index (χ0n) is 9.75. The number of halogens is 4. The van der Waals surface area contributed by atoms with E-state index in [2.05, 4.69) is 0 Å². The molecule has 1 aliphatic carbocycles. The first-order valence-electron chi connectivity index (χ1n) is 5.64. The van der Waals surface area contributed by atoms with Crippen molar-refractivity contribution in [3.05, 3.63) is 28.8 Å². The van der Waals surface area contributed by atoms with Crippen molar-refractivity contribution in [2.75, 3.05) is 6.54 Å². The maximum atomic E-state index is 12.5. The summed E-state index contributed by atoms with van der Waals surface area (Å²) in [6.45, 7) is -1.30. The van der Waals surface area contributed by atoms with Crippen molar-refractivity contribution in [1.82, 2.24) is 4.90 Å². The smallest absolute Gasteiger partial charge is 0.406 e. The van der Waals surface area contributed by atoms with Crippen LogP contribution in [0.4, 0.5) is 13.2 Å². The van der Waals surface area contributed by atoms with Gasteiger partial charge in [-0.05, 0) is 31.0 Å². The van der Waals surface area contributed by atoms with E-state index in [4.69, 9.17) is 11.6 Å². The molecule has 0 spiro atoms. The van der Waals surface area contributed by atoms with Crippen LogP contribution < -0.4 is 0 Å². The van der Waals surface area contributed by atoms with E-state index in [9.17, 15) is 23.1 Å².